The molecular weight excluding hydrogens is 269 g/mol. The molecule has 1 heterocycles. The minimum absolute atomic E-state index is 0.000219. The summed E-state index contributed by atoms with van der Waals surface area (Å²) in [5.74, 6) is -0.670. The molecule has 0 aromatic carbocycles. The average molecular weight is 292 g/mol. The van der Waals surface area contributed by atoms with Crippen LogP contribution in [-0.4, -0.2) is 36.6 Å². The van der Waals surface area contributed by atoms with E-state index in [2.05, 4.69) is 0 Å². The maximum absolute atomic E-state index is 12.6. The number of alkyl halides is 3. The predicted octanol–water partition coefficient (Wildman–Crippen LogP) is 2.55. The van der Waals surface area contributed by atoms with Crippen LogP contribution in [0.25, 0.3) is 0 Å². The number of carbonyl (C=O) groups is 1. The minimum atomic E-state index is -4.12. The fourth-order valence-corrected chi connectivity index (χ4v) is 3.33. The molecule has 20 heavy (non-hydrogen) atoms. The second-order valence-corrected chi connectivity index (χ2v) is 6.09. The monoisotopic (exact) mass is 292 g/mol. The molecular formula is C14H23F3N2O. The molecule has 1 aliphatic heterocycles. The van der Waals surface area contributed by atoms with Crippen molar-refractivity contribution in [2.45, 2.75) is 44.7 Å². The molecule has 2 fully saturated rings. The molecule has 1 saturated heterocycles. The number of rotatable bonds is 2. The van der Waals surface area contributed by atoms with E-state index in [4.69, 9.17) is 5.73 Å². The van der Waals surface area contributed by atoms with Crippen molar-refractivity contribution in [3.63, 3.8) is 0 Å². The normalized spacial score (nSPS) is 29.5. The number of piperidine rings is 1. The van der Waals surface area contributed by atoms with Gasteiger partial charge in [0.05, 0.1) is 5.92 Å². The van der Waals surface area contributed by atoms with Crippen molar-refractivity contribution in [3.05, 3.63) is 0 Å². The van der Waals surface area contributed by atoms with Crippen molar-refractivity contribution in [1.29, 1.82) is 0 Å². The van der Waals surface area contributed by atoms with Crippen LogP contribution in [0.2, 0.25) is 0 Å². The number of nitrogens with two attached hydrogens (primary N) is 1. The Morgan fingerprint density at radius 1 is 1.05 bits per heavy atom. The molecule has 2 N–H and O–H groups in total. The quantitative estimate of drug-likeness (QED) is 0.850. The molecule has 1 saturated carbocycles. The minimum Gasteiger partial charge on any atom is -0.342 e. The smallest absolute Gasteiger partial charge is 0.342 e. The van der Waals surface area contributed by atoms with Gasteiger partial charge in [-0.3, -0.25) is 4.79 Å². The Labute approximate surface area is 117 Å². The van der Waals surface area contributed by atoms with Crippen LogP contribution >= 0.6 is 0 Å². The highest BCUT2D eigenvalue weighted by Gasteiger charge is 2.42. The summed E-state index contributed by atoms with van der Waals surface area (Å²) in [5, 5.41) is 0. The molecule has 0 bridgehead atoms. The van der Waals surface area contributed by atoms with E-state index in [0.29, 0.717) is 12.5 Å². The number of hydrogen-bond acceptors (Lipinski definition) is 2. The van der Waals surface area contributed by atoms with Crippen LogP contribution in [0.1, 0.15) is 38.5 Å². The maximum atomic E-state index is 12.6. The van der Waals surface area contributed by atoms with Gasteiger partial charge in [-0.05, 0) is 51.0 Å². The SMILES string of the molecule is NCC1CCC(C(=O)N2CCC(C(F)(F)F)CC2)CC1. The molecule has 0 unspecified atom stereocenters. The summed E-state index contributed by atoms with van der Waals surface area (Å²) in [6.07, 6.45) is -0.424. The fraction of sp³-hybridized carbons (Fsp3) is 0.929. The highest BCUT2D eigenvalue weighted by molar-refractivity contribution is 5.79. The van der Waals surface area contributed by atoms with Gasteiger partial charge in [-0.15, -0.1) is 0 Å². The standard InChI is InChI=1S/C14H23F3N2O/c15-14(16,17)12-5-7-19(8-6-12)13(20)11-3-1-10(9-18)2-4-11/h10-12H,1-9,18H2. The van der Waals surface area contributed by atoms with Gasteiger partial charge in [0.15, 0.2) is 0 Å². The van der Waals surface area contributed by atoms with Gasteiger partial charge in [0.1, 0.15) is 0 Å². The summed E-state index contributed by atoms with van der Waals surface area (Å²) in [7, 11) is 0. The lowest BCUT2D eigenvalue weighted by Gasteiger charge is -2.36. The maximum Gasteiger partial charge on any atom is 0.391 e. The van der Waals surface area contributed by atoms with Crippen LogP contribution in [0.3, 0.4) is 0 Å². The molecule has 6 heteroatoms. The van der Waals surface area contributed by atoms with Crippen molar-refractivity contribution in [2.24, 2.45) is 23.5 Å². The summed E-state index contributed by atoms with van der Waals surface area (Å²) in [5.41, 5.74) is 5.62. The lowest BCUT2D eigenvalue weighted by Crippen LogP contribution is -2.45. The number of halogens is 3. The second kappa shape index (κ2) is 6.33. The Morgan fingerprint density at radius 2 is 1.60 bits per heavy atom. The first kappa shape index (κ1) is 15.6. The van der Waals surface area contributed by atoms with Crippen molar-refractivity contribution < 1.29 is 18.0 Å². The van der Waals surface area contributed by atoms with E-state index < -0.39 is 12.1 Å². The molecule has 1 amide bonds. The Hall–Kier alpha value is -0.780. The third kappa shape index (κ3) is 3.65. The number of carbonyl (C=O) groups excluding carboxylic acids is 1. The zero-order valence-corrected chi connectivity index (χ0v) is 11.7. The Morgan fingerprint density at radius 3 is 2.05 bits per heavy atom. The summed E-state index contributed by atoms with van der Waals surface area (Å²) in [6.45, 7) is 1.16. The van der Waals surface area contributed by atoms with E-state index in [1.165, 1.54) is 0 Å². The Balaban J connectivity index is 1.80. The largest absolute Gasteiger partial charge is 0.391 e. The van der Waals surface area contributed by atoms with E-state index in [1.54, 1.807) is 4.90 Å². The van der Waals surface area contributed by atoms with Gasteiger partial charge in [-0.25, -0.2) is 0 Å². The summed E-state index contributed by atoms with van der Waals surface area (Å²) >= 11 is 0. The van der Waals surface area contributed by atoms with Crippen molar-refractivity contribution in [2.75, 3.05) is 19.6 Å². The Kier molecular flexibility index (Phi) is 4.94. The van der Waals surface area contributed by atoms with Crippen molar-refractivity contribution >= 4 is 5.91 Å². The molecule has 3 nitrogen and oxygen atoms in total. The highest BCUT2D eigenvalue weighted by Crippen LogP contribution is 2.35. The summed E-state index contributed by atoms with van der Waals surface area (Å²) < 4.78 is 37.8. The highest BCUT2D eigenvalue weighted by atomic mass is 19.4. The van der Waals surface area contributed by atoms with Crippen LogP contribution in [0.15, 0.2) is 0 Å². The molecule has 116 valence electrons. The van der Waals surface area contributed by atoms with E-state index in [9.17, 15) is 18.0 Å². The lowest BCUT2D eigenvalue weighted by atomic mass is 9.81. The first-order valence-electron chi connectivity index (χ1n) is 7.47. The van der Waals surface area contributed by atoms with Crippen LogP contribution < -0.4 is 5.73 Å². The molecule has 0 spiro atoms. The molecule has 1 aliphatic carbocycles. The summed E-state index contributed by atoms with van der Waals surface area (Å²) in [4.78, 5) is 14.0. The van der Waals surface area contributed by atoms with Crippen LogP contribution in [-0.2, 0) is 4.79 Å². The molecule has 0 aromatic heterocycles. The zero-order valence-electron chi connectivity index (χ0n) is 11.7. The van der Waals surface area contributed by atoms with Gasteiger partial charge in [0.2, 0.25) is 5.91 Å². The second-order valence-electron chi connectivity index (χ2n) is 6.09. The molecule has 2 aliphatic rings. The molecule has 0 radical (unpaired) electrons. The predicted molar refractivity (Wildman–Crippen MR) is 69.9 cm³/mol. The van der Waals surface area contributed by atoms with Gasteiger partial charge >= 0.3 is 6.18 Å². The number of likely N-dealkylation sites (tertiary alicyclic amines) is 1. The van der Waals surface area contributed by atoms with Gasteiger partial charge in [0.25, 0.3) is 0 Å². The molecule has 0 aromatic rings. The third-order valence-corrected chi connectivity index (χ3v) is 4.80. The zero-order chi connectivity index (χ0) is 14.8. The van der Waals surface area contributed by atoms with Gasteiger partial charge in [-0.2, -0.15) is 13.2 Å². The van der Waals surface area contributed by atoms with Crippen molar-refractivity contribution in [3.8, 4) is 0 Å². The topological polar surface area (TPSA) is 46.3 Å². The first-order valence-corrected chi connectivity index (χ1v) is 7.47. The van der Waals surface area contributed by atoms with Crippen LogP contribution in [0.4, 0.5) is 13.2 Å². The lowest BCUT2D eigenvalue weighted by molar-refractivity contribution is -0.187. The van der Waals surface area contributed by atoms with Crippen molar-refractivity contribution in [1.82, 2.24) is 4.90 Å². The number of nitrogens with zero attached hydrogens (tertiary/aromatic N) is 1. The molecule has 0 atom stereocenters. The van der Waals surface area contributed by atoms with Gasteiger partial charge in [-0.1, -0.05) is 0 Å². The van der Waals surface area contributed by atoms with E-state index in [0.717, 1.165) is 25.7 Å². The third-order valence-electron chi connectivity index (χ3n) is 4.80. The average Bonchev–Trinajstić information content (AvgIpc) is 2.46. The van der Waals surface area contributed by atoms with E-state index in [1.807, 2.05) is 0 Å². The summed E-state index contributed by atoms with van der Waals surface area (Å²) in [6, 6.07) is 0. The molecule has 2 rings (SSSR count). The number of hydrogen-bond donors (Lipinski definition) is 1. The van der Waals surface area contributed by atoms with E-state index >= 15 is 0 Å². The fourth-order valence-electron chi connectivity index (χ4n) is 3.33. The first-order chi connectivity index (χ1) is 9.41. The number of amides is 1. The van der Waals surface area contributed by atoms with Crippen LogP contribution in [0.5, 0.6) is 0 Å². The van der Waals surface area contributed by atoms with Crippen LogP contribution in [0, 0.1) is 17.8 Å². The van der Waals surface area contributed by atoms with E-state index in [-0.39, 0.29) is 37.8 Å². The van der Waals surface area contributed by atoms with Gasteiger partial charge < -0.3 is 10.6 Å². The Bertz CT molecular complexity index is 330. The van der Waals surface area contributed by atoms with Gasteiger partial charge in [0, 0.05) is 19.0 Å².